The molecule has 0 fully saturated rings. The molecule has 0 saturated heterocycles. The third-order valence-corrected chi connectivity index (χ3v) is 2.67. The Morgan fingerprint density at radius 3 is 2.93 bits per heavy atom. The molecule has 0 bridgehead atoms. The number of anilines is 1. The van der Waals surface area contributed by atoms with E-state index in [1.54, 1.807) is 0 Å². The second-order valence-electron chi connectivity index (χ2n) is 3.17. The maximum Gasteiger partial charge on any atom is 0.126 e. The van der Waals surface area contributed by atoms with E-state index in [9.17, 15) is 0 Å². The molecule has 0 saturated carbocycles. The average molecular weight is 254 g/mol. The average Bonchev–Trinajstić information content (AvgIpc) is 2.19. The second-order valence-corrected chi connectivity index (χ2v) is 4.03. The Hall–Kier alpha value is -1.08. The molecular weight excluding hydrogens is 242 g/mol. The zero-order valence-corrected chi connectivity index (χ0v) is 9.80. The van der Waals surface area contributed by atoms with Crippen LogP contribution in [-0.2, 0) is 0 Å². The largest absolute Gasteiger partial charge is 0.369 e. The molecule has 1 N–H and O–H groups in total. The van der Waals surface area contributed by atoms with Crippen LogP contribution in [0.25, 0.3) is 0 Å². The number of hydrogen-bond donors (Lipinski definition) is 1. The number of rotatable bonds is 3. The van der Waals surface area contributed by atoms with Crippen molar-refractivity contribution in [2.75, 3.05) is 11.9 Å². The van der Waals surface area contributed by atoms with Crippen LogP contribution in [-0.4, -0.2) is 11.5 Å². The summed E-state index contributed by atoms with van der Waals surface area (Å²) in [6, 6.07) is 6.00. The highest BCUT2D eigenvalue weighted by Crippen LogP contribution is 2.16. The Morgan fingerprint density at radius 1 is 1.64 bits per heavy atom. The van der Waals surface area contributed by atoms with Gasteiger partial charge < -0.3 is 5.32 Å². The lowest BCUT2D eigenvalue weighted by Gasteiger charge is -2.07. The van der Waals surface area contributed by atoms with E-state index in [2.05, 4.69) is 32.3 Å². The van der Waals surface area contributed by atoms with Gasteiger partial charge >= 0.3 is 0 Å². The van der Waals surface area contributed by atoms with E-state index in [1.165, 1.54) is 0 Å². The number of nitrogens with one attached hydrogen (secondary N) is 1. The van der Waals surface area contributed by atoms with Crippen LogP contribution in [0.15, 0.2) is 16.6 Å². The van der Waals surface area contributed by atoms with Gasteiger partial charge in [-0.2, -0.15) is 5.26 Å². The molecule has 0 aliphatic rings. The Bertz CT molecular complexity index is 357. The molecule has 1 rings (SSSR count). The minimum atomic E-state index is 0.000697. The van der Waals surface area contributed by atoms with Crippen LogP contribution >= 0.6 is 15.9 Å². The van der Waals surface area contributed by atoms with Gasteiger partial charge in [-0.1, -0.05) is 0 Å². The summed E-state index contributed by atoms with van der Waals surface area (Å²) < 4.78 is 0.997. The highest BCUT2D eigenvalue weighted by Gasteiger charge is 2.01. The topological polar surface area (TPSA) is 48.7 Å². The van der Waals surface area contributed by atoms with Gasteiger partial charge in [-0.3, -0.25) is 0 Å². The van der Waals surface area contributed by atoms with E-state index in [1.807, 2.05) is 26.0 Å². The Kier molecular flexibility index (Phi) is 3.90. The lowest BCUT2D eigenvalue weighted by atomic mass is 10.2. The first-order chi connectivity index (χ1) is 6.63. The third kappa shape index (κ3) is 3.00. The Morgan fingerprint density at radius 2 is 2.36 bits per heavy atom. The van der Waals surface area contributed by atoms with Crippen LogP contribution in [0.3, 0.4) is 0 Å². The summed E-state index contributed by atoms with van der Waals surface area (Å²) in [4.78, 5) is 4.31. The van der Waals surface area contributed by atoms with Gasteiger partial charge in [0.2, 0.25) is 0 Å². The zero-order valence-electron chi connectivity index (χ0n) is 8.21. The maximum atomic E-state index is 8.59. The maximum absolute atomic E-state index is 8.59. The smallest absolute Gasteiger partial charge is 0.126 e. The molecule has 74 valence electrons. The molecule has 0 radical (unpaired) electrons. The van der Waals surface area contributed by atoms with Crippen molar-refractivity contribution in [3.8, 4) is 6.07 Å². The summed E-state index contributed by atoms with van der Waals surface area (Å²) in [5.74, 6) is 0.813. The fraction of sp³-hybridized carbons (Fsp3) is 0.400. The molecule has 0 aromatic carbocycles. The summed E-state index contributed by atoms with van der Waals surface area (Å²) in [6.45, 7) is 4.44. The van der Waals surface area contributed by atoms with Crippen LogP contribution in [0.1, 0.15) is 12.6 Å². The number of halogens is 1. The van der Waals surface area contributed by atoms with Gasteiger partial charge in [-0.25, -0.2) is 4.98 Å². The molecule has 1 heterocycles. The van der Waals surface area contributed by atoms with Crippen molar-refractivity contribution < 1.29 is 0 Å². The van der Waals surface area contributed by atoms with Crippen molar-refractivity contribution in [3.63, 3.8) is 0 Å². The first kappa shape index (κ1) is 11.0. The van der Waals surface area contributed by atoms with Gasteiger partial charge in [0, 0.05) is 11.0 Å². The summed E-state index contributed by atoms with van der Waals surface area (Å²) in [5, 5.41) is 11.7. The second kappa shape index (κ2) is 4.97. The van der Waals surface area contributed by atoms with Crippen molar-refractivity contribution in [1.29, 1.82) is 5.26 Å². The summed E-state index contributed by atoms with van der Waals surface area (Å²) in [5.41, 5.74) is 0.944. The molecule has 0 amide bonds. The van der Waals surface area contributed by atoms with Crippen LogP contribution in [0, 0.1) is 24.2 Å². The van der Waals surface area contributed by atoms with Gasteiger partial charge in [-0.05, 0) is 41.9 Å². The van der Waals surface area contributed by atoms with E-state index in [0.29, 0.717) is 6.54 Å². The predicted molar refractivity (Wildman–Crippen MR) is 59.9 cm³/mol. The highest BCUT2D eigenvalue weighted by molar-refractivity contribution is 9.10. The lowest BCUT2D eigenvalue weighted by molar-refractivity contribution is 0.782. The molecule has 1 aromatic heterocycles. The zero-order chi connectivity index (χ0) is 10.6. The summed E-state index contributed by atoms with van der Waals surface area (Å²) in [6.07, 6.45) is 0. The van der Waals surface area contributed by atoms with Crippen LogP contribution in [0.5, 0.6) is 0 Å². The standard InChI is InChI=1S/C10H12BrN3/c1-7(5-12)6-13-10-4-3-9(11)8(2)14-10/h3-4,7H,6H2,1-2H3,(H,13,14). The molecule has 1 atom stereocenters. The molecule has 0 aliphatic heterocycles. The van der Waals surface area contributed by atoms with Crippen LogP contribution < -0.4 is 5.32 Å². The highest BCUT2D eigenvalue weighted by atomic mass is 79.9. The van der Waals surface area contributed by atoms with Crippen LogP contribution in [0.4, 0.5) is 5.82 Å². The molecule has 1 unspecified atom stereocenters. The molecule has 4 heteroatoms. The number of pyridine rings is 1. The van der Waals surface area contributed by atoms with Gasteiger partial charge in [0.1, 0.15) is 5.82 Å². The van der Waals surface area contributed by atoms with Crippen molar-refractivity contribution in [2.24, 2.45) is 5.92 Å². The quantitative estimate of drug-likeness (QED) is 0.902. The Balaban J connectivity index is 2.61. The number of hydrogen-bond acceptors (Lipinski definition) is 3. The van der Waals surface area contributed by atoms with Gasteiger partial charge in [0.25, 0.3) is 0 Å². The van der Waals surface area contributed by atoms with Crippen molar-refractivity contribution in [2.45, 2.75) is 13.8 Å². The normalized spacial score (nSPS) is 11.9. The van der Waals surface area contributed by atoms with Crippen molar-refractivity contribution in [1.82, 2.24) is 4.98 Å². The van der Waals surface area contributed by atoms with E-state index >= 15 is 0 Å². The lowest BCUT2D eigenvalue weighted by Crippen LogP contribution is -2.10. The molecule has 14 heavy (non-hydrogen) atoms. The molecule has 3 nitrogen and oxygen atoms in total. The fourth-order valence-electron chi connectivity index (χ4n) is 0.946. The van der Waals surface area contributed by atoms with Crippen LogP contribution in [0.2, 0.25) is 0 Å². The molecule has 0 aliphatic carbocycles. The Labute approximate surface area is 92.3 Å². The van der Waals surface area contributed by atoms with E-state index in [-0.39, 0.29) is 5.92 Å². The monoisotopic (exact) mass is 253 g/mol. The minimum Gasteiger partial charge on any atom is -0.369 e. The van der Waals surface area contributed by atoms with Gasteiger partial charge in [-0.15, -0.1) is 0 Å². The summed E-state index contributed by atoms with van der Waals surface area (Å²) in [7, 11) is 0. The van der Waals surface area contributed by atoms with Gasteiger partial charge in [0.15, 0.2) is 0 Å². The fourth-order valence-corrected chi connectivity index (χ4v) is 1.17. The van der Waals surface area contributed by atoms with Gasteiger partial charge in [0.05, 0.1) is 17.7 Å². The SMILES string of the molecule is Cc1nc(NCC(C)C#N)ccc1Br. The number of nitriles is 1. The molecule has 0 spiro atoms. The van der Waals surface area contributed by atoms with Crippen molar-refractivity contribution in [3.05, 3.63) is 22.3 Å². The minimum absolute atomic E-state index is 0.000697. The summed E-state index contributed by atoms with van der Waals surface area (Å²) >= 11 is 3.38. The number of aromatic nitrogens is 1. The van der Waals surface area contributed by atoms with E-state index < -0.39 is 0 Å². The predicted octanol–water partition coefficient (Wildman–Crippen LogP) is 2.72. The number of nitrogens with zero attached hydrogens (tertiary/aromatic N) is 2. The number of aryl methyl sites for hydroxylation is 1. The first-order valence-electron chi connectivity index (χ1n) is 4.40. The van der Waals surface area contributed by atoms with E-state index in [4.69, 9.17) is 5.26 Å². The van der Waals surface area contributed by atoms with Crippen molar-refractivity contribution >= 4 is 21.7 Å². The van der Waals surface area contributed by atoms with E-state index in [0.717, 1.165) is 16.0 Å². The first-order valence-corrected chi connectivity index (χ1v) is 5.19. The molecular formula is C10H12BrN3. The third-order valence-electron chi connectivity index (χ3n) is 1.83. The molecule has 1 aromatic rings.